The van der Waals surface area contributed by atoms with Gasteiger partial charge in [0.25, 0.3) is 0 Å². The zero-order valence-electron chi connectivity index (χ0n) is 10.6. The predicted octanol–water partition coefficient (Wildman–Crippen LogP) is 4.66. The predicted molar refractivity (Wildman–Crippen MR) is 80.8 cm³/mol. The van der Waals surface area contributed by atoms with Crippen LogP contribution in [0, 0.1) is 5.92 Å². The number of halogens is 1. The van der Waals surface area contributed by atoms with Crippen molar-refractivity contribution in [2.24, 2.45) is 5.92 Å². The van der Waals surface area contributed by atoms with E-state index in [0.29, 0.717) is 6.04 Å². The van der Waals surface area contributed by atoms with E-state index in [4.69, 9.17) is 0 Å². The van der Waals surface area contributed by atoms with Crippen molar-refractivity contribution in [1.82, 2.24) is 5.32 Å². The van der Waals surface area contributed by atoms with Crippen LogP contribution in [-0.2, 0) is 0 Å². The fraction of sp³-hybridized carbons (Fsp3) is 0.375. The van der Waals surface area contributed by atoms with Crippen LogP contribution in [-0.4, -0.2) is 7.05 Å². The van der Waals surface area contributed by atoms with E-state index in [1.165, 1.54) is 35.6 Å². The molecule has 3 rings (SSSR count). The lowest BCUT2D eigenvalue weighted by Gasteiger charge is -2.17. The second-order valence-electron chi connectivity index (χ2n) is 5.27. The molecule has 0 aromatic heterocycles. The molecular formula is C16H18BrN. The van der Waals surface area contributed by atoms with Gasteiger partial charge in [-0.05, 0) is 53.9 Å². The molecule has 0 radical (unpaired) electrons. The summed E-state index contributed by atoms with van der Waals surface area (Å²) < 4.78 is 1.14. The molecule has 1 fully saturated rings. The molecule has 0 aliphatic heterocycles. The molecule has 1 atom stereocenters. The molecule has 1 unspecified atom stereocenters. The quantitative estimate of drug-likeness (QED) is 0.866. The van der Waals surface area contributed by atoms with Crippen LogP contribution >= 0.6 is 15.9 Å². The van der Waals surface area contributed by atoms with Gasteiger partial charge in [0.05, 0.1) is 0 Å². The molecule has 18 heavy (non-hydrogen) atoms. The van der Waals surface area contributed by atoms with E-state index in [1.807, 2.05) is 0 Å². The van der Waals surface area contributed by atoms with Crippen molar-refractivity contribution in [3.05, 3.63) is 46.4 Å². The third kappa shape index (κ3) is 2.60. The van der Waals surface area contributed by atoms with Gasteiger partial charge in [-0.1, -0.05) is 47.0 Å². The SMILES string of the molecule is CNC(CC1CC1)c1ccc2cc(Br)ccc2c1. The molecule has 1 aliphatic rings. The molecule has 2 aromatic rings. The highest BCUT2D eigenvalue weighted by Gasteiger charge is 2.25. The summed E-state index contributed by atoms with van der Waals surface area (Å²) in [6.45, 7) is 0. The largest absolute Gasteiger partial charge is 0.313 e. The average Bonchev–Trinajstić information content (AvgIpc) is 3.19. The van der Waals surface area contributed by atoms with Gasteiger partial charge in [-0.25, -0.2) is 0 Å². The number of hydrogen-bond donors (Lipinski definition) is 1. The van der Waals surface area contributed by atoms with E-state index < -0.39 is 0 Å². The van der Waals surface area contributed by atoms with Crippen molar-refractivity contribution in [2.75, 3.05) is 7.05 Å². The van der Waals surface area contributed by atoms with Crippen LogP contribution in [0.4, 0.5) is 0 Å². The Labute approximate surface area is 117 Å². The third-order valence-corrected chi connectivity index (χ3v) is 4.34. The topological polar surface area (TPSA) is 12.0 Å². The standard InChI is InChI=1S/C16H18BrN/c1-18-16(8-11-2-3-11)14-5-4-13-10-15(17)7-6-12(13)9-14/h4-7,9-11,16,18H,2-3,8H2,1H3. The van der Waals surface area contributed by atoms with E-state index in [2.05, 4.69) is 64.7 Å². The maximum atomic E-state index is 3.52. The molecule has 94 valence electrons. The first-order valence-corrected chi connectivity index (χ1v) is 7.42. The average molecular weight is 304 g/mol. The van der Waals surface area contributed by atoms with Crippen molar-refractivity contribution in [3.8, 4) is 0 Å². The summed E-state index contributed by atoms with van der Waals surface area (Å²) in [5.41, 5.74) is 1.42. The van der Waals surface area contributed by atoms with E-state index in [0.717, 1.165) is 10.4 Å². The summed E-state index contributed by atoms with van der Waals surface area (Å²) in [5, 5.41) is 6.08. The van der Waals surface area contributed by atoms with Crippen LogP contribution in [0.1, 0.15) is 30.9 Å². The van der Waals surface area contributed by atoms with Gasteiger partial charge in [-0.2, -0.15) is 0 Å². The van der Waals surface area contributed by atoms with Crippen LogP contribution in [0.25, 0.3) is 10.8 Å². The van der Waals surface area contributed by atoms with Gasteiger partial charge in [0, 0.05) is 10.5 Å². The minimum atomic E-state index is 0.505. The zero-order valence-corrected chi connectivity index (χ0v) is 12.2. The molecule has 0 spiro atoms. The lowest BCUT2D eigenvalue weighted by molar-refractivity contribution is 0.515. The van der Waals surface area contributed by atoms with Crippen LogP contribution < -0.4 is 5.32 Å². The number of rotatable bonds is 4. The van der Waals surface area contributed by atoms with Crippen molar-refractivity contribution in [1.29, 1.82) is 0 Å². The highest BCUT2D eigenvalue weighted by atomic mass is 79.9. The number of hydrogen-bond acceptors (Lipinski definition) is 1. The molecular weight excluding hydrogens is 286 g/mol. The van der Waals surface area contributed by atoms with E-state index >= 15 is 0 Å². The normalized spacial score (nSPS) is 17.0. The Balaban J connectivity index is 1.93. The molecule has 2 aromatic carbocycles. The molecule has 2 heteroatoms. The van der Waals surface area contributed by atoms with Gasteiger partial charge in [0.2, 0.25) is 0 Å². The van der Waals surface area contributed by atoms with Gasteiger partial charge < -0.3 is 5.32 Å². The number of benzene rings is 2. The minimum absolute atomic E-state index is 0.505. The van der Waals surface area contributed by atoms with Gasteiger partial charge in [0.15, 0.2) is 0 Å². The fourth-order valence-electron chi connectivity index (χ4n) is 2.56. The molecule has 1 nitrogen and oxygen atoms in total. The van der Waals surface area contributed by atoms with E-state index in [1.54, 1.807) is 0 Å². The molecule has 0 saturated heterocycles. The molecule has 1 aliphatic carbocycles. The van der Waals surface area contributed by atoms with E-state index in [-0.39, 0.29) is 0 Å². The molecule has 0 heterocycles. The third-order valence-electron chi connectivity index (χ3n) is 3.84. The van der Waals surface area contributed by atoms with Crippen LogP contribution in [0.3, 0.4) is 0 Å². The van der Waals surface area contributed by atoms with Crippen molar-refractivity contribution >= 4 is 26.7 Å². The zero-order chi connectivity index (χ0) is 12.5. The number of fused-ring (bicyclic) bond motifs is 1. The van der Waals surface area contributed by atoms with Gasteiger partial charge in [0.1, 0.15) is 0 Å². The Bertz CT molecular complexity index is 560. The maximum Gasteiger partial charge on any atom is 0.0320 e. The number of nitrogens with one attached hydrogen (secondary N) is 1. The maximum absolute atomic E-state index is 3.52. The van der Waals surface area contributed by atoms with Crippen molar-refractivity contribution < 1.29 is 0 Å². The molecule has 1 N–H and O–H groups in total. The second kappa shape index (κ2) is 5.02. The molecule has 0 amide bonds. The Morgan fingerprint density at radius 2 is 1.89 bits per heavy atom. The Morgan fingerprint density at radius 3 is 2.61 bits per heavy atom. The molecule has 0 bridgehead atoms. The Hall–Kier alpha value is -0.860. The summed E-state index contributed by atoms with van der Waals surface area (Å²) >= 11 is 3.52. The Kier molecular flexibility index (Phi) is 3.40. The minimum Gasteiger partial charge on any atom is -0.313 e. The first kappa shape index (κ1) is 12.2. The van der Waals surface area contributed by atoms with Gasteiger partial charge in [-0.15, -0.1) is 0 Å². The van der Waals surface area contributed by atoms with E-state index in [9.17, 15) is 0 Å². The highest BCUT2D eigenvalue weighted by Crippen LogP contribution is 2.38. The lowest BCUT2D eigenvalue weighted by atomic mass is 9.98. The van der Waals surface area contributed by atoms with Gasteiger partial charge >= 0.3 is 0 Å². The van der Waals surface area contributed by atoms with Crippen LogP contribution in [0.15, 0.2) is 40.9 Å². The van der Waals surface area contributed by atoms with Crippen molar-refractivity contribution in [3.63, 3.8) is 0 Å². The van der Waals surface area contributed by atoms with Crippen LogP contribution in [0.5, 0.6) is 0 Å². The first-order valence-electron chi connectivity index (χ1n) is 6.63. The summed E-state index contributed by atoms with van der Waals surface area (Å²) in [4.78, 5) is 0. The van der Waals surface area contributed by atoms with Crippen LogP contribution in [0.2, 0.25) is 0 Å². The summed E-state index contributed by atoms with van der Waals surface area (Å²) in [6, 6.07) is 13.8. The fourth-order valence-corrected chi connectivity index (χ4v) is 2.94. The van der Waals surface area contributed by atoms with Gasteiger partial charge in [-0.3, -0.25) is 0 Å². The molecule has 1 saturated carbocycles. The first-order chi connectivity index (χ1) is 8.76. The summed E-state index contributed by atoms with van der Waals surface area (Å²) in [6.07, 6.45) is 4.11. The Morgan fingerprint density at radius 1 is 1.17 bits per heavy atom. The summed E-state index contributed by atoms with van der Waals surface area (Å²) in [5.74, 6) is 0.947. The smallest absolute Gasteiger partial charge is 0.0320 e. The monoisotopic (exact) mass is 303 g/mol. The second-order valence-corrected chi connectivity index (χ2v) is 6.19. The lowest BCUT2D eigenvalue weighted by Crippen LogP contribution is -2.16. The summed E-state index contributed by atoms with van der Waals surface area (Å²) in [7, 11) is 2.07. The highest BCUT2D eigenvalue weighted by molar-refractivity contribution is 9.10. The van der Waals surface area contributed by atoms with Crippen molar-refractivity contribution in [2.45, 2.75) is 25.3 Å².